The molecule has 0 aromatic heterocycles. The third-order valence-corrected chi connectivity index (χ3v) is 7.99. The second-order valence-corrected chi connectivity index (χ2v) is 15.4. The van der Waals surface area contributed by atoms with E-state index >= 15 is 0 Å². The Morgan fingerprint density at radius 1 is 0.486 bits per heavy atom. The molecule has 0 amide bonds. The minimum absolute atomic E-state index is 0.150. The van der Waals surface area contributed by atoms with Crippen molar-refractivity contribution in [1.29, 1.82) is 0 Å². The molecule has 0 radical (unpaired) electrons. The van der Waals surface area contributed by atoms with E-state index in [4.69, 9.17) is 14.2 Å². The fourth-order valence-corrected chi connectivity index (χ4v) is 6.72. The van der Waals surface area contributed by atoms with Gasteiger partial charge in [0.05, 0.1) is 0 Å². The molecule has 37 heavy (non-hydrogen) atoms. The van der Waals surface area contributed by atoms with Crippen molar-refractivity contribution in [2.24, 2.45) is 23.7 Å². The first-order chi connectivity index (χ1) is 17.6. The van der Waals surface area contributed by atoms with Crippen molar-refractivity contribution < 1.29 is 14.2 Å². The van der Waals surface area contributed by atoms with Gasteiger partial charge in [-0.2, -0.15) is 0 Å². The lowest BCUT2D eigenvalue weighted by Gasteiger charge is -2.26. The Balaban J connectivity index is 4.77. The number of hydrogen-bond acceptors (Lipinski definition) is 3. The second-order valence-electron chi connectivity index (χ2n) is 12.2. The molecule has 0 aliphatic carbocycles. The number of ether oxygens (including phenoxy) is 3. The highest BCUT2D eigenvalue weighted by atomic mass is 79.9. The molecule has 0 saturated heterocycles. The minimum atomic E-state index is -0.150. The maximum Gasteiger partial charge on any atom is 0.160 e. The largest absolute Gasteiger partial charge is 0.353 e. The zero-order valence-corrected chi connectivity index (χ0v) is 29.1. The predicted octanol–water partition coefficient (Wildman–Crippen LogP) is 11.3. The molecule has 0 aromatic rings. The lowest BCUT2D eigenvalue weighted by molar-refractivity contribution is -0.250. The van der Waals surface area contributed by atoms with E-state index in [2.05, 4.69) is 87.2 Å². The van der Waals surface area contributed by atoms with Gasteiger partial charge in [-0.25, -0.2) is 0 Å². The molecule has 0 rings (SSSR count). The van der Waals surface area contributed by atoms with Crippen molar-refractivity contribution in [1.82, 2.24) is 0 Å². The number of rotatable bonds is 26. The summed E-state index contributed by atoms with van der Waals surface area (Å²) in [5.74, 6) is 3.01. The van der Waals surface area contributed by atoms with Gasteiger partial charge in [0.25, 0.3) is 0 Å². The molecule has 224 valence electrons. The van der Waals surface area contributed by atoms with Crippen LogP contribution in [0.1, 0.15) is 145 Å². The van der Waals surface area contributed by atoms with Crippen LogP contribution in [0.4, 0.5) is 0 Å². The summed E-state index contributed by atoms with van der Waals surface area (Å²) in [5.41, 5.74) is 0. The van der Waals surface area contributed by atoms with Crippen LogP contribution < -0.4 is 0 Å². The molecular formula is C32H64Br2O3. The maximum atomic E-state index is 6.52. The van der Waals surface area contributed by atoms with Crippen LogP contribution in [0.5, 0.6) is 0 Å². The summed E-state index contributed by atoms with van der Waals surface area (Å²) < 4.78 is 19.0. The molecule has 0 saturated carbocycles. The van der Waals surface area contributed by atoms with Gasteiger partial charge in [-0.05, 0) is 87.9 Å². The van der Waals surface area contributed by atoms with Crippen LogP contribution in [-0.2, 0) is 14.2 Å². The Morgan fingerprint density at radius 2 is 0.865 bits per heavy atom. The molecule has 3 nitrogen and oxygen atoms in total. The molecule has 5 heteroatoms. The summed E-state index contributed by atoms with van der Waals surface area (Å²) in [7, 11) is 0. The number of alkyl halides is 2. The topological polar surface area (TPSA) is 27.7 Å². The van der Waals surface area contributed by atoms with E-state index in [1.807, 2.05) is 0 Å². The molecule has 0 spiro atoms. The van der Waals surface area contributed by atoms with Crippen LogP contribution in [0.15, 0.2) is 0 Å². The molecule has 0 bridgehead atoms. The van der Waals surface area contributed by atoms with Crippen molar-refractivity contribution >= 4 is 31.9 Å². The van der Waals surface area contributed by atoms with Gasteiger partial charge >= 0.3 is 0 Å². The summed E-state index contributed by atoms with van der Waals surface area (Å²) in [6.07, 6.45) is 16.0. The van der Waals surface area contributed by atoms with Gasteiger partial charge in [0.15, 0.2) is 12.6 Å². The highest BCUT2D eigenvalue weighted by Crippen LogP contribution is 2.26. The third-order valence-electron chi connectivity index (χ3n) is 7.24. The van der Waals surface area contributed by atoms with Crippen molar-refractivity contribution in [3.05, 3.63) is 0 Å². The Kier molecular flexibility index (Phi) is 25.2. The molecule has 0 N–H and O–H groups in total. The van der Waals surface area contributed by atoms with E-state index in [9.17, 15) is 0 Å². The Morgan fingerprint density at radius 3 is 1.19 bits per heavy atom. The first kappa shape index (κ1) is 37.8. The average Bonchev–Trinajstić information content (AvgIpc) is 2.77. The van der Waals surface area contributed by atoms with Gasteiger partial charge in [0.1, 0.15) is 0 Å². The first-order valence-corrected chi connectivity index (χ1v) is 17.6. The summed E-state index contributed by atoms with van der Waals surface area (Å²) in [5, 5.41) is 0. The van der Waals surface area contributed by atoms with Crippen LogP contribution in [0.2, 0.25) is 0 Å². The van der Waals surface area contributed by atoms with Crippen LogP contribution in [-0.4, -0.2) is 35.4 Å². The fraction of sp³-hybridized carbons (Fsp3) is 1.00. The van der Waals surface area contributed by atoms with E-state index in [1.54, 1.807) is 0 Å². The zero-order valence-electron chi connectivity index (χ0n) is 25.9. The predicted molar refractivity (Wildman–Crippen MR) is 170 cm³/mol. The molecule has 0 aromatic carbocycles. The molecule has 0 heterocycles. The lowest BCUT2D eigenvalue weighted by Crippen LogP contribution is -2.28. The van der Waals surface area contributed by atoms with E-state index < -0.39 is 0 Å². The quantitative estimate of drug-likeness (QED) is 0.0527. The van der Waals surface area contributed by atoms with Crippen LogP contribution >= 0.6 is 31.9 Å². The van der Waals surface area contributed by atoms with Gasteiger partial charge in [-0.1, -0.05) is 113 Å². The van der Waals surface area contributed by atoms with Crippen LogP contribution in [0, 0.1) is 23.7 Å². The van der Waals surface area contributed by atoms with Crippen LogP contribution in [0.3, 0.4) is 0 Å². The Bertz CT molecular complexity index is 447. The van der Waals surface area contributed by atoms with Gasteiger partial charge < -0.3 is 14.2 Å². The summed E-state index contributed by atoms with van der Waals surface area (Å²) >= 11 is 7.42. The number of unbranched alkanes of at least 4 members (excludes halogenated alkanes) is 2. The monoisotopic (exact) mass is 654 g/mol. The smallest absolute Gasteiger partial charge is 0.160 e. The standard InChI is InChI=1S/C32H64Br2O3/c1-9-11-19-35-31(17-13-15-25(3)21-27(5)23-29(7)33)37-32(36-20-12-10-2)18-14-16-26(4)22-28(6)24-30(8)34/h25-32H,9-24H2,1-8H3. The van der Waals surface area contributed by atoms with Crippen LogP contribution in [0.25, 0.3) is 0 Å². The third kappa shape index (κ3) is 24.4. The van der Waals surface area contributed by atoms with Crippen molar-refractivity contribution in [3.63, 3.8) is 0 Å². The zero-order chi connectivity index (χ0) is 28.1. The summed E-state index contributed by atoms with van der Waals surface area (Å²) in [4.78, 5) is 1.21. The lowest BCUT2D eigenvalue weighted by atomic mass is 9.90. The van der Waals surface area contributed by atoms with E-state index in [0.717, 1.165) is 88.3 Å². The van der Waals surface area contributed by atoms with Gasteiger partial charge in [-0.3, -0.25) is 0 Å². The van der Waals surface area contributed by atoms with Gasteiger partial charge in [0.2, 0.25) is 0 Å². The van der Waals surface area contributed by atoms with Crippen molar-refractivity contribution in [2.75, 3.05) is 13.2 Å². The Hall–Kier alpha value is 0.840. The molecule has 0 aliphatic heterocycles. The SMILES string of the molecule is CCCCOC(CCCC(C)CC(C)CC(C)Br)OC(CCCC(C)CC(C)CC(C)Br)OCCCC. The summed E-state index contributed by atoms with van der Waals surface area (Å²) in [6, 6.07) is 0. The van der Waals surface area contributed by atoms with E-state index in [1.165, 1.54) is 38.5 Å². The molecule has 0 aliphatic rings. The molecule has 8 unspecified atom stereocenters. The van der Waals surface area contributed by atoms with E-state index in [0.29, 0.717) is 9.65 Å². The molecule has 0 fully saturated rings. The molecule has 8 atom stereocenters. The fourth-order valence-electron chi connectivity index (χ4n) is 5.45. The van der Waals surface area contributed by atoms with Gasteiger partial charge in [0, 0.05) is 22.9 Å². The normalized spacial score (nSPS) is 18.6. The van der Waals surface area contributed by atoms with Crippen molar-refractivity contribution in [3.8, 4) is 0 Å². The number of hydrogen-bond donors (Lipinski definition) is 0. The average molecular weight is 657 g/mol. The highest BCUT2D eigenvalue weighted by Gasteiger charge is 2.20. The first-order valence-electron chi connectivity index (χ1n) is 15.7. The maximum absolute atomic E-state index is 6.52. The number of halogens is 2. The minimum Gasteiger partial charge on any atom is -0.353 e. The molecular weight excluding hydrogens is 592 g/mol. The summed E-state index contributed by atoms with van der Waals surface area (Å²) in [6.45, 7) is 20.1. The van der Waals surface area contributed by atoms with Gasteiger partial charge in [-0.15, -0.1) is 0 Å². The second kappa shape index (κ2) is 24.6. The highest BCUT2D eigenvalue weighted by molar-refractivity contribution is 9.09. The van der Waals surface area contributed by atoms with E-state index in [-0.39, 0.29) is 12.6 Å². The Labute approximate surface area is 249 Å². The van der Waals surface area contributed by atoms with Crippen molar-refractivity contribution in [2.45, 2.75) is 168 Å².